The lowest BCUT2D eigenvalue weighted by Gasteiger charge is -2.20. The van der Waals surface area contributed by atoms with E-state index in [1.54, 1.807) is 23.3 Å². The summed E-state index contributed by atoms with van der Waals surface area (Å²) in [5, 5.41) is 13.6. The van der Waals surface area contributed by atoms with E-state index < -0.39 is 0 Å². The van der Waals surface area contributed by atoms with Crippen LogP contribution in [0.2, 0.25) is 0 Å². The molecule has 1 saturated heterocycles. The second-order valence-electron chi connectivity index (χ2n) is 6.49. The number of nitrogens with zero attached hydrogens (tertiary/aromatic N) is 5. The van der Waals surface area contributed by atoms with Gasteiger partial charge in [-0.25, -0.2) is 4.98 Å². The van der Waals surface area contributed by atoms with E-state index in [1.165, 1.54) is 17.8 Å². The molecule has 3 aromatic rings. The maximum atomic E-state index is 12.2. The molecule has 148 valence electrons. The van der Waals surface area contributed by atoms with Gasteiger partial charge in [0.25, 0.3) is 0 Å². The minimum absolute atomic E-state index is 0. The fourth-order valence-electron chi connectivity index (χ4n) is 3.09. The number of halogens is 1. The largest absolute Gasteiger partial charge is 0.349 e. The predicted molar refractivity (Wildman–Crippen MR) is 109 cm³/mol. The number of hydrogen-bond donors (Lipinski definition) is 2. The Morgan fingerprint density at radius 3 is 3.11 bits per heavy atom. The van der Waals surface area contributed by atoms with E-state index in [1.807, 2.05) is 17.6 Å². The highest BCUT2D eigenvalue weighted by Gasteiger charge is 2.18. The van der Waals surface area contributed by atoms with Crippen molar-refractivity contribution in [3.05, 3.63) is 47.6 Å². The summed E-state index contributed by atoms with van der Waals surface area (Å²) >= 11 is 1.49. The SMILES string of the molecule is Cl.O=C(Cn1ccc(C2CCCNC2)n1)NCc1csc(-c2cnccn2)n1. The summed E-state index contributed by atoms with van der Waals surface area (Å²) in [7, 11) is 0. The molecule has 28 heavy (non-hydrogen) atoms. The molecule has 10 heteroatoms. The molecule has 1 aliphatic heterocycles. The Morgan fingerprint density at radius 2 is 2.32 bits per heavy atom. The monoisotopic (exact) mass is 419 g/mol. The van der Waals surface area contributed by atoms with Crippen LogP contribution < -0.4 is 10.6 Å². The first-order chi connectivity index (χ1) is 13.3. The first-order valence-corrected chi connectivity index (χ1v) is 9.87. The van der Waals surface area contributed by atoms with Gasteiger partial charge in [-0.1, -0.05) is 0 Å². The molecule has 1 fully saturated rings. The number of nitrogens with one attached hydrogen (secondary N) is 2. The lowest BCUT2D eigenvalue weighted by molar-refractivity contribution is -0.122. The van der Waals surface area contributed by atoms with Crippen molar-refractivity contribution < 1.29 is 4.79 Å². The number of carbonyl (C=O) groups excluding carboxylic acids is 1. The molecule has 4 heterocycles. The number of thiazole rings is 1. The number of aromatic nitrogens is 5. The molecule has 4 rings (SSSR count). The van der Waals surface area contributed by atoms with Gasteiger partial charge in [0.2, 0.25) is 5.91 Å². The zero-order valence-corrected chi connectivity index (χ0v) is 16.9. The van der Waals surface area contributed by atoms with Gasteiger partial charge in [0.15, 0.2) is 0 Å². The quantitative estimate of drug-likeness (QED) is 0.634. The summed E-state index contributed by atoms with van der Waals surface area (Å²) < 4.78 is 1.70. The second kappa shape index (κ2) is 9.72. The number of rotatable bonds is 6. The van der Waals surface area contributed by atoms with Crippen LogP contribution in [0.15, 0.2) is 36.2 Å². The van der Waals surface area contributed by atoms with E-state index in [4.69, 9.17) is 0 Å². The van der Waals surface area contributed by atoms with Crippen LogP contribution in [0.4, 0.5) is 0 Å². The lowest BCUT2D eigenvalue weighted by Crippen LogP contribution is -2.29. The average Bonchev–Trinajstić information content (AvgIpc) is 3.37. The maximum Gasteiger partial charge on any atom is 0.242 e. The molecule has 0 spiro atoms. The van der Waals surface area contributed by atoms with Crippen molar-refractivity contribution in [2.45, 2.75) is 31.8 Å². The highest BCUT2D eigenvalue weighted by molar-refractivity contribution is 7.13. The summed E-state index contributed by atoms with van der Waals surface area (Å²) in [6.45, 7) is 2.63. The summed E-state index contributed by atoms with van der Waals surface area (Å²) in [6, 6.07) is 2.01. The van der Waals surface area contributed by atoms with Gasteiger partial charge in [-0.05, 0) is 25.5 Å². The number of hydrogen-bond acceptors (Lipinski definition) is 7. The Hall–Kier alpha value is -2.36. The molecule has 1 amide bonds. The fourth-order valence-corrected chi connectivity index (χ4v) is 3.87. The molecule has 1 unspecified atom stereocenters. The zero-order valence-electron chi connectivity index (χ0n) is 15.2. The Morgan fingerprint density at radius 1 is 1.39 bits per heavy atom. The summed E-state index contributed by atoms with van der Waals surface area (Å²) in [5.41, 5.74) is 2.60. The molecule has 0 radical (unpaired) electrons. The van der Waals surface area contributed by atoms with Crippen LogP contribution in [-0.4, -0.2) is 43.7 Å². The molecule has 8 nitrogen and oxygen atoms in total. The van der Waals surface area contributed by atoms with Gasteiger partial charge in [0, 0.05) is 36.4 Å². The molecule has 2 N–H and O–H groups in total. The molecular weight excluding hydrogens is 398 g/mol. The Bertz CT molecular complexity index is 892. The third-order valence-electron chi connectivity index (χ3n) is 4.48. The fraction of sp³-hybridized carbons (Fsp3) is 0.389. The molecule has 0 saturated carbocycles. The van der Waals surface area contributed by atoms with Gasteiger partial charge in [0.05, 0.1) is 24.1 Å². The summed E-state index contributed by atoms with van der Waals surface area (Å²) in [6.07, 6.45) is 9.14. The number of carbonyl (C=O) groups is 1. The van der Waals surface area contributed by atoms with Crippen molar-refractivity contribution >= 4 is 29.7 Å². The van der Waals surface area contributed by atoms with E-state index in [0.717, 1.165) is 41.6 Å². The smallest absolute Gasteiger partial charge is 0.242 e. The Balaban J connectivity index is 0.00000225. The van der Waals surface area contributed by atoms with Crippen LogP contribution in [0.3, 0.4) is 0 Å². The van der Waals surface area contributed by atoms with Crippen molar-refractivity contribution in [2.24, 2.45) is 0 Å². The minimum atomic E-state index is -0.0829. The van der Waals surface area contributed by atoms with Crippen molar-refractivity contribution in [2.75, 3.05) is 13.1 Å². The van der Waals surface area contributed by atoms with Crippen molar-refractivity contribution in [1.82, 2.24) is 35.4 Å². The molecular formula is C18H22ClN7OS. The predicted octanol–water partition coefficient (Wildman–Crippen LogP) is 2.00. The van der Waals surface area contributed by atoms with Gasteiger partial charge in [-0.2, -0.15) is 5.10 Å². The third-order valence-corrected chi connectivity index (χ3v) is 5.40. The zero-order chi connectivity index (χ0) is 18.5. The lowest BCUT2D eigenvalue weighted by atomic mass is 9.97. The van der Waals surface area contributed by atoms with Crippen LogP contribution in [0.1, 0.15) is 30.1 Å². The van der Waals surface area contributed by atoms with Crippen LogP contribution in [0.5, 0.6) is 0 Å². The van der Waals surface area contributed by atoms with E-state index in [-0.39, 0.29) is 24.9 Å². The number of piperidine rings is 1. The van der Waals surface area contributed by atoms with Crippen molar-refractivity contribution in [3.8, 4) is 10.7 Å². The standard InChI is InChI=1S/C18H21N7OS.ClH/c26-17(11-25-7-3-15(24-25)13-2-1-4-19-8-13)22-9-14-12-27-18(23-14)16-10-20-5-6-21-16;/h3,5-7,10,12-13,19H,1-2,4,8-9,11H2,(H,22,26);1H. The Kier molecular flexibility index (Phi) is 7.07. The van der Waals surface area contributed by atoms with Gasteiger partial charge in [-0.3, -0.25) is 19.4 Å². The molecule has 1 atom stereocenters. The van der Waals surface area contributed by atoms with Gasteiger partial charge in [0.1, 0.15) is 17.2 Å². The van der Waals surface area contributed by atoms with Crippen LogP contribution in [0, 0.1) is 0 Å². The topological polar surface area (TPSA) is 97.6 Å². The van der Waals surface area contributed by atoms with Crippen LogP contribution in [-0.2, 0) is 17.9 Å². The average molecular weight is 420 g/mol. The molecule has 0 aliphatic carbocycles. The maximum absolute atomic E-state index is 12.2. The van der Waals surface area contributed by atoms with Gasteiger partial charge < -0.3 is 10.6 Å². The van der Waals surface area contributed by atoms with Gasteiger partial charge in [-0.15, -0.1) is 23.7 Å². The van der Waals surface area contributed by atoms with Crippen LogP contribution >= 0.6 is 23.7 Å². The second-order valence-corrected chi connectivity index (χ2v) is 7.35. The molecule has 0 bridgehead atoms. The highest BCUT2D eigenvalue weighted by Crippen LogP contribution is 2.21. The Labute approximate surface area is 173 Å². The molecule has 0 aromatic carbocycles. The third kappa shape index (κ3) is 5.12. The number of amides is 1. The van der Waals surface area contributed by atoms with E-state index in [2.05, 4.69) is 30.7 Å². The first kappa shape index (κ1) is 20.4. The van der Waals surface area contributed by atoms with Gasteiger partial charge >= 0.3 is 0 Å². The first-order valence-electron chi connectivity index (χ1n) is 8.99. The normalized spacial score (nSPS) is 16.4. The highest BCUT2D eigenvalue weighted by atomic mass is 35.5. The molecule has 3 aromatic heterocycles. The van der Waals surface area contributed by atoms with Crippen LogP contribution in [0.25, 0.3) is 10.7 Å². The van der Waals surface area contributed by atoms with E-state index in [9.17, 15) is 4.79 Å². The minimum Gasteiger partial charge on any atom is -0.349 e. The summed E-state index contributed by atoms with van der Waals surface area (Å²) in [5.74, 6) is 0.359. The van der Waals surface area contributed by atoms with Crippen molar-refractivity contribution in [3.63, 3.8) is 0 Å². The molecule has 1 aliphatic rings. The summed E-state index contributed by atoms with van der Waals surface area (Å²) in [4.78, 5) is 25.0. The van der Waals surface area contributed by atoms with E-state index in [0.29, 0.717) is 12.5 Å². The van der Waals surface area contributed by atoms with E-state index >= 15 is 0 Å². The van der Waals surface area contributed by atoms with Crippen molar-refractivity contribution in [1.29, 1.82) is 0 Å².